The van der Waals surface area contributed by atoms with Crippen LogP contribution < -0.4 is 11.3 Å². The van der Waals surface area contributed by atoms with Crippen LogP contribution in [0.25, 0.3) is 11.0 Å². The van der Waals surface area contributed by atoms with Crippen molar-refractivity contribution in [1.82, 2.24) is 14.5 Å². The highest BCUT2D eigenvalue weighted by Gasteiger charge is 2.34. The highest BCUT2D eigenvalue weighted by atomic mass is 16.7. The zero-order valence-corrected chi connectivity index (χ0v) is 10.2. The molecule has 0 bridgehead atoms. The largest absolute Gasteiger partial charge is 0.391 e. The van der Waals surface area contributed by atoms with E-state index >= 15 is 0 Å². The topological polar surface area (TPSA) is 115 Å². The van der Waals surface area contributed by atoms with Crippen LogP contribution in [0.4, 0.5) is 5.95 Å². The minimum atomic E-state index is -0.670. The van der Waals surface area contributed by atoms with Crippen molar-refractivity contribution in [3.8, 4) is 0 Å². The second-order valence-electron chi connectivity index (χ2n) is 4.39. The molecule has 1 fully saturated rings. The Morgan fingerprint density at radius 2 is 2.37 bits per heavy atom. The number of anilines is 1. The van der Waals surface area contributed by atoms with Crippen molar-refractivity contribution in [3.63, 3.8) is 0 Å². The number of aliphatic hydroxyl groups is 1. The summed E-state index contributed by atoms with van der Waals surface area (Å²) in [7, 11) is 0. The average Bonchev–Trinajstić information content (AvgIpc) is 2.92. The fourth-order valence-corrected chi connectivity index (χ4v) is 2.25. The molecule has 1 aliphatic heterocycles. The predicted molar refractivity (Wildman–Crippen MR) is 66.3 cm³/mol. The van der Waals surface area contributed by atoms with Gasteiger partial charge in [0.05, 0.1) is 12.0 Å². The molecule has 8 nitrogen and oxygen atoms in total. The van der Waals surface area contributed by atoms with Crippen LogP contribution in [0.1, 0.15) is 13.2 Å². The van der Waals surface area contributed by atoms with Crippen molar-refractivity contribution in [2.45, 2.75) is 25.5 Å². The van der Waals surface area contributed by atoms with E-state index in [9.17, 15) is 4.79 Å². The van der Waals surface area contributed by atoms with E-state index in [-0.39, 0.29) is 24.2 Å². The third-order valence-electron chi connectivity index (χ3n) is 3.08. The lowest BCUT2D eigenvalue weighted by molar-refractivity contribution is -0.101. The maximum absolute atomic E-state index is 11.7. The summed E-state index contributed by atoms with van der Waals surface area (Å²) in [6.07, 6.45) is 0.298. The fourth-order valence-electron chi connectivity index (χ4n) is 2.25. The number of nitrogens with zero attached hydrogens (tertiary/aromatic N) is 2. The molecule has 0 spiro atoms. The molecule has 19 heavy (non-hydrogen) atoms. The zero-order chi connectivity index (χ0) is 13.6. The van der Waals surface area contributed by atoms with E-state index in [0.29, 0.717) is 11.0 Å². The van der Waals surface area contributed by atoms with Crippen LogP contribution in [0.15, 0.2) is 17.1 Å². The average molecular weight is 266 g/mol. The van der Waals surface area contributed by atoms with Gasteiger partial charge in [0.15, 0.2) is 18.2 Å². The molecular formula is C11H14N4O4. The van der Waals surface area contributed by atoms with E-state index in [2.05, 4.69) is 9.97 Å². The molecule has 3 rings (SSSR count). The second-order valence-corrected chi connectivity index (χ2v) is 4.39. The van der Waals surface area contributed by atoms with Gasteiger partial charge in [-0.25, -0.2) is 0 Å². The molecule has 0 aliphatic carbocycles. The van der Waals surface area contributed by atoms with Gasteiger partial charge in [-0.15, -0.1) is 0 Å². The summed E-state index contributed by atoms with van der Waals surface area (Å²) in [5.41, 5.74) is 5.68. The van der Waals surface area contributed by atoms with Crippen LogP contribution >= 0.6 is 0 Å². The lowest BCUT2D eigenvalue weighted by Gasteiger charge is -2.15. The lowest BCUT2D eigenvalue weighted by atomic mass is 10.3. The Bertz CT molecular complexity index is 664. The number of aromatic amines is 1. The van der Waals surface area contributed by atoms with Crippen LogP contribution in [0.3, 0.4) is 0 Å². The van der Waals surface area contributed by atoms with Crippen molar-refractivity contribution < 1.29 is 14.6 Å². The summed E-state index contributed by atoms with van der Waals surface area (Å²) in [4.78, 5) is 18.3. The summed E-state index contributed by atoms with van der Waals surface area (Å²) in [5.74, 6) is 0.0442. The minimum Gasteiger partial charge on any atom is -0.391 e. The molecule has 0 amide bonds. The van der Waals surface area contributed by atoms with Crippen LogP contribution in [0.2, 0.25) is 0 Å². The Morgan fingerprint density at radius 1 is 1.58 bits per heavy atom. The summed E-state index contributed by atoms with van der Waals surface area (Å²) >= 11 is 0. The summed E-state index contributed by atoms with van der Waals surface area (Å²) in [6, 6.07) is 1.64. The number of fused-ring (bicyclic) bond motifs is 1. The van der Waals surface area contributed by atoms with Crippen LogP contribution in [-0.2, 0) is 9.47 Å². The highest BCUT2D eigenvalue weighted by molar-refractivity contribution is 5.76. The molecule has 8 heteroatoms. The molecule has 0 aromatic carbocycles. The molecule has 3 heterocycles. The molecule has 0 saturated carbocycles. The van der Waals surface area contributed by atoms with E-state index in [1.807, 2.05) is 6.92 Å². The van der Waals surface area contributed by atoms with Crippen LogP contribution in [0, 0.1) is 0 Å². The monoisotopic (exact) mass is 266 g/mol. The lowest BCUT2D eigenvalue weighted by Crippen LogP contribution is -2.19. The van der Waals surface area contributed by atoms with Gasteiger partial charge in [-0.05, 0) is 13.0 Å². The van der Waals surface area contributed by atoms with Gasteiger partial charge in [0.2, 0.25) is 5.95 Å². The van der Waals surface area contributed by atoms with E-state index in [0.717, 1.165) is 0 Å². The Morgan fingerprint density at radius 3 is 3.05 bits per heavy atom. The quantitative estimate of drug-likeness (QED) is 0.678. The molecule has 1 saturated heterocycles. The number of ether oxygens (including phenoxy) is 2. The van der Waals surface area contributed by atoms with Gasteiger partial charge in [-0.1, -0.05) is 0 Å². The maximum atomic E-state index is 11.7. The standard InChI is InChI=1S/C11H14N4O4/c1-5-10(19-7(4-16)18-5)15-3-2-6-8(15)13-11(12)14-9(6)17/h2-3,5,7,10,16H,4H2,1H3,(H3,12,13,14,17)/t5-,7-,10-/m1/s1. The SMILES string of the molecule is C[C@H]1O[C@@H](CO)O[C@H]1n1ccc2c(=O)[nH]c(N)nc21. The van der Waals surface area contributed by atoms with E-state index in [1.54, 1.807) is 16.8 Å². The number of aromatic nitrogens is 3. The number of H-pyrrole nitrogens is 1. The van der Waals surface area contributed by atoms with Gasteiger partial charge in [-0.3, -0.25) is 9.78 Å². The summed E-state index contributed by atoms with van der Waals surface area (Å²) < 4.78 is 12.7. The first kappa shape index (κ1) is 12.2. The molecular weight excluding hydrogens is 252 g/mol. The normalized spacial score (nSPS) is 27.2. The van der Waals surface area contributed by atoms with Crippen LogP contribution in [-0.4, -0.2) is 38.6 Å². The van der Waals surface area contributed by atoms with Gasteiger partial charge >= 0.3 is 0 Å². The number of nitrogens with one attached hydrogen (secondary N) is 1. The molecule has 4 N–H and O–H groups in total. The van der Waals surface area contributed by atoms with Crippen molar-refractivity contribution >= 4 is 17.0 Å². The number of hydrogen-bond acceptors (Lipinski definition) is 6. The molecule has 2 aromatic rings. The Kier molecular flexibility index (Phi) is 2.77. The first-order chi connectivity index (χ1) is 9.10. The van der Waals surface area contributed by atoms with E-state index in [4.69, 9.17) is 20.3 Å². The van der Waals surface area contributed by atoms with Crippen molar-refractivity contribution in [3.05, 3.63) is 22.6 Å². The summed E-state index contributed by atoms with van der Waals surface area (Å²) in [6.45, 7) is 1.60. The molecule has 3 atom stereocenters. The van der Waals surface area contributed by atoms with E-state index < -0.39 is 12.5 Å². The van der Waals surface area contributed by atoms with Crippen molar-refractivity contribution in [2.75, 3.05) is 12.3 Å². The van der Waals surface area contributed by atoms with Crippen LogP contribution in [0.5, 0.6) is 0 Å². The molecule has 2 aromatic heterocycles. The zero-order valence-electron chi connectivity index (χ0n) is 10.2. The Balaban J connectivity index is 2.09. The first-order valence-electron chi connectivity index (χ1n) is 5.88. The van der Waals surface area contributed by atoms with Crippen molar-refractivity contribution in [1.29, 1.82) is 0 Å². The van der Waals surface area contributed by atoms with E-state index in [1.165, 1.54) is 0 Å². The molecule has 0 radical (unpaired) electrons. The summed E-state index contributed by atoms with van der Waals surface area (Å²) in [5, 5.41) is 9.48. The molecule has 1 aliphatic rings. The van der Waals surface area contributed by atoms with Crippen molar-refractivity contribution in [2.24, 2.45) is 0 Å². The second kappa shape index (κ2) is 4.34. The predicted octanol–water partition coefficient (Wildman–Crippen LogP) is -0.441. The first-order valence-corrected chi connectivity index (χ1v) is 5.88. The maximum Gasteiger partial charge on any atom is 0.261 e. The molecule has 0 unspecified atom stereocenters. The van der Waals surface area contributed by atoms with Gasteiger partial charge in [-0.2, -0.15) is 4.98 Å². The van der Waals surface area contributed by atoms with Gasteiger partial charge in [0, 0.05) is 6.20 Å². The minimum absolute atomic E-state index is 0.0442. The highest BCUT2D eigenvalue weighted by Crippen LogP contribution is 2.29. The number of rotatable bonds is 2. The third kappa shape index (κ3) is 1.89. The van der Waals surface area contributed by atoms with Gasteiger partial charge in [0.25, 0.3) is 5.56 Å². The Hall–Kier alpha value is -1.90. The fraction of sp³-hybridized carbons (Fsp3) is 0.455. The number of hydrogen-bond donors (Lipinski definition) is 3. The third-order valence-corrected chi connectivity index (χ3v) is 3.08. The van der Waals surface area contributed by atoms with Gasteiger partial charge < -0.3 is 24.9 Å². The number of nitrogen functional groups attached to an aromatic ring is 1. The molecule has 102 valence electrons. The van der Waals surface area contributed by atoms with Gasteiger partial charge in [0.1, 0.15) is 6.10 Å². The Labute approximate surface area is 107 Å². The smallest absolute Gasteiger partial charge is 0.261 e. The number of aliphatic hydroxyl groups excluding tert-OH is 1. The number of nitrogens with two attached hydrogens (primary N) is 1.